The topological polar surface area (TPSA) is 93.5 Å². The Bertz CT molecular complexity index is 1070. The predicted octanol–water partition coefficient (Wildman–Crippen LogP) is 2.85. The molecule has 1 amide bonds. The Hall–Kier alpha value is -3.35. The Morgan fingerprint density at radius 3 is 2.79 bits per heavy atom. The maximum atomic E-state index is 12.9. The van der Waals surface area contributed by atoms with Gasteiger partial charge in [-0.1, -0.05) is 6.42 Å². The van der Waals surface area contributed by atoms with Gasteiger partial charge in [0.2, 0.25) is 0 Å². The highest BCUT2D eigenvalue weighted by molar-refractivity contribution is 5.92. The molecule has 7 heteroatoms. The molecule has 7 nitrogen and oxygen atoms in total. The van der Waals surface area contributed by atoms with Gasteiger partial charge in [-0.25, -0.2) is 4.98 Å². The lowest BCUT2D eigenvalue weighted by Crippen LogP contribution is -2.24. The number of hydrogen-bond acceptors (Lipinski definition) is 5. The van der Waals surface area contributed by atoms with Gasteiger partial charge in [-0.2, -0.15) is 0 Å². The molecule has 0 saturated carbocycles. The van der Waals surface area contributed by atoms with E-state index in [9.17, 15) is 14.7 Å². The fraction of sp³-hybridized carbons (Fsp3) is 0.286. The Labute approximate surface area is 161 Å². The molecule has 0 unspecified atom stereocenters. The highest BCUT2D eigenvalue weighted by atomic mass is 16.5. The molecule has 0 spiro atoms. The number of aromatic hydroxyl groups is 1. The van der Waals surface area contributed by atoms with E-state index < -0.39 is 0 Å². The monoisotopic (exact) mass is 379 g/mol. The first kappa shape index (κ1) is 18.0. The number of phenolic OH excluding ortho intramolecular Hbond substituents is 1. The third-order valence-corrected chi connectivity index (χ3v) is 4.81. The van der Waals surface area contributed by atoms with Crippen LogP contribution < -0.4 is 15.6 Å². The first-order valence-electron chi connectivity index (χ1n) is 9.35. The van der Waals surface area contributed by atoms with Gasteiger partial charge >= 0.3 is 0 Å². The molecule has 2 heterocycles. The fourth-order valence-corrected chi connectivity index (χ4v) is 3.38. The van der Waals surface area contributed by atoms with Crippen molar-refractivity contribution in [2.75, 3.05) is 11.9 Å². The molecule has 1 aromatic heterocycles. The third-order valence-electron chi connectivity index (χ3n) is 4.81. The summed E-state index contributed by atoms with van der Waals surface area (Å²) in [6, 6.07) is 11.3. The minimum Gasteiger partial charge on any atom is -0.508 e. The second kappa shape index (κ2) is 7.72. The van der Waals surface area contributed by atoms with Crippen LogP contribution in [0.5, 0.6) is 11.5 Å². The van der Waals surface area contributed by atoms with Gasteiger partial charge < -0.3 is 15.2 Å². The maximum Gasteiger partial charge on any atom is 0.262 e. The van der Waals surface area contributed by atoms with Crippen molar-refractivity contribution in [1.82, 2.24) is 9.55 Å². The Morgan fingerprint density at radius 2 is 1.96 bits per heavy atom. The number of phenols is 1. The van der Waals surface area contributed by atoms with E-state index in [0.29, 0.717) is 28.9 Å². The number of nitrogens with zero attached hydrogens (tertiary/aromatic N) is 2. The molecule has 0 atom stereocenters. The molecule has 0 aliphatic carbocycles. The van der Waals surface area contributed by atoms with Crippen molar-refractivity contribution in [3.8, 4) is 11.5 Å². The second-order valence-electron chi connectivity index (χ2n) is 6.86. The summed E-state index contributed by atoms with van der Waals surface area (Å²) in [5.41, 5.74) is 1.16. The van der Waals surface area contributed by atoms with Crippen molar-refractivity contribution < 1.29 is 14.6 Å². The standard InChI is InChI=1S/C21H21N3O4/c25-15-7-5-14(6-8-15)22-20(26)13-28-16-9-10-18-17(12-16)21(27)24-11-3-1-2-4-19(24)23-18/h5-10,12,25H,1-4,11,13H2,(H,22,26). The second-order valence-corrected chi connectivity index (χ2v) is 6.86. The van der Waals surface area contributed by atoms with E-state index in [1.54, 1.807) is 34.9 Å². The average molecular weight is 379 g/mol. The number of carbonyl (C=O) groups excluding carboxylic acids is 1. The molecule has 0 saturated heterocycles. The number of carbonyl (C=O) groups is 1. The molecule has 2 aromatic carbocycles. The molecule has 28 heavy (non-hydrogen) atoms. The third kappa shape index (κ3) is 3.83. The lowest BCUT2D eigenvalue weighted by atomic mass is 10.2. The number of aryl methyl sites for hydroxylation is 1. The first-order chi connectivity index (χ1) is 13.6. The highest BCUT2D eigenvalue weighted by Gasteiger charge is 2.14. The van der Waals surface area contributed by atoms with Crippen molar-refractivity contribution in [2.24, 2.45) is 0 Å². The zero-order valence-electron chi connectivity index (χ0n) is 15.4. The minimum absolute atomic E-state index is 0.0547. The van der Waals surface area contributed by atoms with Crippen LogP contribution in [0.25, 0.3) is 10.9 Å². The summed E-state index contributed by atoms with van der Waals surface area (Å²) in [7, 11) is 0. The Balaban J connectivity index is 1.50. The molecule has 1 aliphatic heterocycles. The largest absolute Gasteiger partial charge is 0.508 e. The molecule has 4 rings (SSSR count). The summed E-state index contributed by atoms with van der Waals surface area (Å²) in [6.45, 7) is 0.503. The number of amides is 1. The van der Waals surface area contributed by atoms with E-state index in [2.05, 4.69) is 10.3 Å². The van der Waals surface area contributed by atoms with Crippen LogP contribution in [-0.2, 0) is 17.8 Å². The van der Waals surface area contributed by atoms with Crippen LogP contribution in [0.4, 0.5) is 5.69 Å². The molecular weight excluding hydrogens is 358 g/mol. The SMILES string of the molecule is O=C(COc1ccc2nc3n(c(=O)c2c1)CCCCC3)Nc1ccc(O)cc1. The van der Waals surface area contributed by atoms with Gasteiger partial charge in [-0.05, 0) is 55.3 Å². The summed E-state index contributed by atoms with van der Waals surface area (Å²) in [5.74, 6) is 1.09. The summed E-state index contributed by atoms with van der Waals surface area (Å²) in [4.78, 5) is 29.6. The summed E-state index contributed by atoms with van der Waals surface area (Å²) in [5, 5.41) is 12.5. The molecule has 0 fully saturated rings. The van der Waals surface area contributed by atoms with Gasteiger partial charge in [-0.3, -0.25) is 14.2 Å². The van der Waals surface area contributed by atoms with Crippen LogP contribution in [0, 0.1) is 0 Å². The van der Waals surface area contributed by atoms with E-state index in [-0.39, 0.29) is 23.8 Å². The maximum absolute atomic E-state index is 12.9. The van der Waals surface area contributed by atoms with Crippen molar-refractivity contribution in [2.45, 2.75) is 32.2 Å². The van der Waals surface area contributed by atoms with Crippen LogP contribution >= 0.6 is 0 Å². The van der Waals surface area contributed by atoms with Gasteiger partial charge in [0.1, 0.15) is 17.3 Å². The lowest BCUT2D eigenvalue weighted by molar-refractivity contribution is -0.118. The molecule has 144 valence electrons. The van der Waals surface area contributed by atoms with Crippen molar-refractivity contribution in [3.05, 3.63) is 58.6 Å². The first-order valence-corrected chi connectivity index (χ1v) is 9.35. The van der Waals surface area contributed by atoms with E-state index in [4.69, 9.17) is 4.74 Å². The summed E-state index contributed by atoms with van der Waals surface area (Å²) in [6.07, 6.45) is 3.95. The number of fused-ring (bicyclic) bond motifs is 2. The van der Waals surface area contributed by atoms with Gasteiger partial charge in [-0.15, -0.1) is 0 Å². The Morgan fingerprint density at radius 1 is 1.14 bits per heavy atom. The molecule has 3 aromatic rings. The molecule has 0 bridgehead atoms. The van der Waals surface area contributed by atoms with Crippen LogP contribution in [0.2, 0.25) is 0 Å². The normalized spacial score (nSPS) is 13.6. The number of anilines is 1. The van der Waals surface area contributed by atoms with Crippen LogP contribution in [-0.4, -0.2) is 27.2 Å². The molecule has 2 N–H and O–H groups in total. The average Bonchev–Trinajstić information content (AvgIpc) is 2.94. The fourth-order valence-electron chi connectivity index (χ4n) is 3.38. The number of nitrogens with one attached hydrogen (secondary N) is 1. The van der Waals surface area contributed by atoms with E-state index in [0.717, 1.165) is 31.5 Å². The minimum atomic E-state index is -0.331. The van der Waals surface area contributed by atoms with E-state index in [1.807, 2.05) is 0 Å². The van der Waals surface area contributed by atoms with E-state index >= 15 is 0 Å². The van der Waals surface area contributed by atoms with Crippen molar-refractivity contribution in [1.29, 1.82) is 0 Å². The highest BCUT2D eigenvalue weighted by Crippen LogP contribution is 2.20. The molecule has 0 radical (unpaired) electrons. The van der Waals surface area contributed by atoms with Crippen LogP contribution in [0.1, 0.15) is 25.1 Å². The molecule has 1 aliphatic rings. The van der Waals surface area contributed by atoms with E-state index in [1.165, 1.54) is 12.1 Å². The Kier molecular flexibility index (Phi) is 4.97. The zero-order valence-corrected chi connectivity index (χ0v) is 15.4. The summed E-state index contributed by atoms with van der Waals surface area (Å²) >= 11 is 0. The zero-order chi connectivity index (χ0) is 19.5. The van der Waals surface area contributed by atoms with Gasteiger partial charge in [0.05, 0.1) is 10.9 Å². The lowest BCUT2D eigenvalue weighted by Gasteiger charge is -2.11. The van der Waals surface area contributed by atoms with Gasteiger partial charge in [0.25, 0.3) is 11.5 Å². The smallest absolute Gasteiger partial charge is 0.262 e. The van der Waals surface area contributed by atoms with Crippen molar-refractivity contribution in [3.63, 3.8) is 0 Å². The van der Waals surface area contributed by atoms with Crippen molar-refractivity contribution >= 4 is 22.5 Å². The van der Waals surface area contributed by atoms with Crippen LogP contribution in [0.3, 0.4) is 0 Å². The molecular formula is C21H21N3O4. The predicted molar refractivity (Wildman–Crippen MR) is 106 cm³/mol. The number of ether oxygens (including phenoxy) is 1. The van der Waals surface area contributed by atoms with Gasteiger partial charge in [0, 0.05) is 18.7 Å². The van der Waals surface area contributed by atoms with Gasteiger partial charge in [0.15, 0.2) is 6.61 Å². The number of rotatable bonds is 4. The van der Waals surface area contributed by atoms with Crippen LogP contribution in [0.15, 0.2) is 47.3 Å². The number of benzene rings is 2. The quantitative estimate of drug-likeness (QED) is 0.680. The summed E-state index contributed by atoms with van der Waals surface area (Å²) < 4.78 is 7.32. The number of aromatic nitrogens is 2. The number of hydrogen-bond donors (Lipinski definition) is 2.